The highest BCUT2D eigenvalue weighted by Crippen LogP contribution is 2.39. The molecule has 0 bridgehead atoms. The number of ether oxygens (including phenoxy) is 1. The standard InChI is InChI=1S/C19H26Cl2N4O/c1-22-6-7-25(2)11-15-10-23-24-18(15)14-8-16(20)19(17(21)9-14)26-12-13-4-3-5-13/h8-10,13,22H,3-7,11-12H2,1-2H3,(H,23,24). The van der Waals surface area contributed by atoms with E-state index in [0.717, 1.165) is 36.5 Å². The van der Waals surface area contributed by atoms with Crippen molar-refractivity contribution in [2.24, 2.45) is 5.92 Å². The Morgan fingerprint density at radius 3 is 2.65 bits per heavy atom. The maximum absolute atomic E-state index is 6.46. The topological polar surface area (TPSA) is 53.2 Å². The zero-order valence-electron chi connectivity index (χ0n) is 15.3. The monoisotopic (exact) mass is 396 g/mol. The fourth-order valence-corrected chi connectivity index (χ4v) is 3.65. The molecular weight excluding hydrogens is 371 g/mol. The number of hydrogen-bond acceptors (Lipinski definition) is 4. The quantitative estimate of drug-likeness (QED) is 0.666. The molecule has 0 radical (unpaired) electrons. The Hall–Kier alpha value is -1.27. The van der Waals surface area contributed by atoms with E-state index in [2.05, 4.69) is 27.5 Å². The SMILES string of the molecule is CNCCN(C)Cc1c[nH]nc1-c1cc(Cl)c(OCC2CCC2)c(Cl)c1. The van der Waals surface area contributed by atoms with E-state index in [1.165, 1.54) is 19.3 Å². The number of H-pyrrole nitrogens is 1. The number of aromatic nitrogens is 2. The first-order valence-electron chi connectivity index (χ1n) is 9.06. The molecule has 26 heavy (non-hydrogen) atoms. The second-order valence-corrected chi connectivity index (χ2v) is 7.79. The second kappa shape index (κ2) is 9.09. The second-order valence-electron chi connectivity index (χ2n) is 6.98. The summed E-state index contributed by atoms with van der Waals surface area (Å²) in [5.74, 6) is 1.21. The summed E-state index contributed by atoms with van der Waals surface area (Å²) >= 11 is 12.9. The van der Waals surface area contributed by atoms with Crippen LogP contribution < -0.4 is 10.1 Å². The van der Waals surface area contributed by atoms with Crippen LogP contribution in [0.2, 0.25) is 10.0 Å². The zero-order chi connectivity index (χ0) is 18.5. The first-order chi connectivity index (χ1) is 12.6. The molecule has 1 fully saturated rings. The lowest BCUT2D eigenvalue weighted by molar-refractivity contribution is 0.181. The van der Waals surface area contributed by atoms with Crippen molar-refractivity contribution in [1.82, 2.24) is 20.4 Å². The molecule has 5 nitrogen and oxygen atoms in total. The van der Waals surface area contributed by atoms with Crippen molar-refractivity contribution in [2.75, 3.05) is 33.8 Å². The van der Waals surface area contributed by atoms with Crippen molar-refractivity contribution in [3.8, 4) is 17.0 Å². The number of halogens is 2. The van der Waals surface area contributed by atoms with E-state index in [-0.39, 0.29) is 0 Å². The van der Waals surface area contributed by atoms with Gasteiger partial charge in [0, 0.05) is 37.0 Å². The van der Waals surface area contributed by atoms with Crippen molar-refractivity contribution in [2.45, 2.75) is 25.8 Å². The maximum atomic E-state index is 6.46. The molecule has 2 N–H and O–H groups in total. The van der Waals surface area contributed by atoms with E-state index in [4.69, 9.17) is 27.9 Å². The molecule has 0 aliphatic heterocycles. The summed E-state index contributed by atoms with van der Waals surface area (Å²) in [5.41, 5.74) is 2.88. The van der Waals surface area contributed by atoms with Gasteiger partial charge in [-0.3, -0.25) is 5.10 Å². The molecule has 0 saturated heterocycles. The molecule has 3 rings (SSSR count). The van der Waals surface area contributed by atoms with E-state index in [0.29, 0.717) is 28.3 Å². The first kappa shape index (κ1) is 19.5. The third-order valence-electron chi connectivity index (χ3n) is 4.86. The number of aromatic amines is 1. The Labute approximate surface area is 165 Å². The highest BCUT2D eigenvalue weighted by atomic mass is 35.5. The normalized spacial score (nSPS) is 14.7. The molecule has 0 atom stereocenters. The molecule has 1 aromatic carbocycles. The predicted octanol–water partition coefficient (Wildman–Crippen LogP) is 4.21. The molecule has 1 aromatic heterocycles. The van der Waals surface area contributed by atoms with Gasteiger partial charge in [-0.25, -0.2) is 0 Å². The summed E-state index contributed by atoms with van der Waals surface area (Å²) in [7, 11) is 4.04. The van der Waals surface area contributed by atoms with E-state index >= 15 is 0 Å². The van der Waals surface area contributed by atoms with Gasteiger partial charge in [0.1, 0.15) is 0 Å². The summed E-state index contributed by atoms with van der Waals surface area (Å²) in [5, 5.41) is 11.6. The zero-order valence-corrected chi connectivity index (χ0v) is 16.8. The van der Waals surface area contributed by atoms with Crippen LogP contribution in [0.1, 0.15) is 24.8 Å². The first-order valence-corrected chi connectivity index (χ1v) is 9.82. The third-order valence-corrected chi connectivity index (χ3v) is 5.42. The average molecular weight is 397 g/mol. The van der Waals surface area contributed by atoms with Gasteiger partial charge >= 0.3 is 0 Å². The van der Waals surface area contributed by atoms with Crippen molar-refractivity contribution in [3.05, 3.63) is 33.9 Å². The van der Waals surface area contributed by atoms with Gasteiger partial charge in [0.15, 0.2) is 5.75 Å². The minimum atomic E-state index is 0.532. The van der Waals surface area contributed by atoms with Gasteiger partial charge in [-0.15, -0.1) is 0 Å². The van der Waals surface area contributed by atoms with Crippen LogP contribution in [0.25, 0.3) is 11.3 Å². The van der Waals surface area contributed by atoms with Crippen LogP contribution in [0, 0.1) is 5.92 Å². The predicted molar refractivity (Wildman–Crippen MR) is 107 cm³/mol. The third kappa shape index (κ3) is 4.71. The molecule has 7 heteroatoms. The summed E-state index contributed by atoms with van der Waals surface area (Å²) in [6.07, 6.45) is 5.67. The van der Waals surface area contributed by atoms with Crippen LogP contribution in [-0.2, 0) is 6.54 Å². The van der Waals surface area contributed by atoms with E-state index in [1.54, 1.807) is 0 Å². The Bertz CT molecular complexity index is 707. The van der Waals surface area contributed by atoms with Crippen molar-refractivity contribution in [1.29, 1.82) is 0 Å². The van der Waals surface area contributed by atoms with Gasteiger partial charge in [0.05, 0.1) is 22.3 Å². The summed E-state index contributed by atoms with van der Waals surface area (Å²) in [4.78, 5) is 2.24. The van der Waals surface area contributed by atoms with Gasteiger partial charge in [-0.05, 0) is 45.0 Å². The number of nitrogens with zero attached hydrogens (tertiary/aromatic N) is 2. The van der Waals surface area contributed by atoms with Crippen LogP contribution in [0.4, 0.5) is 0 Å². The van der Waals surface area contributed by atoms with Gasteiger partial charge in [0.25, 0.3) is 0 Å². The van der Waals surface area contributed by atoms with Gasteiger partial charge in [-0.1, -0.05) is 29.6 Å². The molecule has 1 saturated carbocycles. The van der Waals surface area contributed by atoms with Crippen molar-refractivity contribution >= 4 is 23.2 Å². The lowest BCUT2D eigenvalue weighted by Gasteiger charge is -2.25. The van der Waals surface area contributed by atoms with Crippen LogP contribution in [0.3, 0.4) is 0 Å². The lowest BCUT2D eigenvalue weighted by atomic mass is 9.86. The van der Waals surface area contributed by atoms with Crippen molar-refractivity contribution < 1.29 is 4.74 Å². The summed E-state index contributed by atoms with van der Waals surface area (Å²) in [6.45, 7) is 3.37. The summed E-state index contributed by atoms with van der Waals surface area (Å²) < 4.78 is 5.88. The fraction of sp³-hybridized carbons (Fsp3) is 0.526. The van der Waals surface area contributed by atoms with E-state index in [9.17, 15) is 0 Å². The van der Waals surface area contributed by atoms with Crippen molar-refractivity contribution in [3.63, 3.8) is 0 Å². The average Bonchev–Trinajstić information content (AvgIpc) is 3.01. The van der Waals surface area contributed by atoms with Gasteiger partial charge in [-0.2, -0.15) is 5.10 Å². The molecular formula is C19H26Cl2N4O. The molecule has 0 unspecified atom stereocenters. The smallest absolute Gasteiger partial charge is 0.156 e. The molecule has 0 spiro atoms. The van der Waals surface area contributed by atoms with Gasteiger partial charge < -0.3 is 15.0 Å². The molecule has 0 amide bonds. The number of hydrogen-bond donors (Lipinski definition) is 2. The maximum Gasteiger partial charge on any atom is 0.156 e. The minimum absolute atomic E-state index is 0.532. The van der Waals surface area contributed by atoms with Crippen LogP contribution in [-0.4, -0.2) is 48.9 Å². The van der Waals surface area contributed by atoms with Crippen LogP contribution in [0.15, 0.2) is 18.3 Å². The Balaban J connectivity index is 1.74. The number of likely N-dealkylation sites (N-methyl/N-ethyl adjacent to an activating group) is 2. The molecule has 1 heterocycles. The molecule has 142 valence electrons. The number of benzene rings is 1. The Morgan fingerprint density at radius 1 is 1.31 bits per heavy atom. The molecule has 1 aliphatic carbocycles. The fourth-order valence-electron chi connectivity index (χ4n) is 3.05. The largest absolute Gasteiger partial charge is 0.490 e. The molecule has 1 aliphatic rings. The van der Waals surface area contributed by atoms with Gasteiger partial charge in [0.2, 0.25) is 0 Å². The van der Waals surface area contributed by atoms with Crippen LogP contribution in [0.5, 0.6) is 5.75 Å². The summed E-state index contributed by atoms with van der Waals surface area (Å²) in [6, 6.07) is 3.77. The Morgan fingerprint density at radius 2 is 2.04 bits per heavy atom. The molecule has 2 aromatic rings. The minimum Gasteiger partial charge on any atom is -0.490 e. The van der Waals surface area contributed by atoms with E-state index in [1.807, 2.05) is 25.4 Å². The van der Waals surface area contributed by atoms with Crippen LogP contribution >= 0.6 is 23.2 Å². The van der Waals surface area contributed by atoms with E-state index < -0.39 is 0 Å². The Kier molecular flexibility index (Phi) is 6.81. The lowest BCUT2D eigenvalue weighted by Crippen LogP contribution is -2.27. The highest BCUT2D eigenvalue weighted by molar-refractivity contribution is 6.37. The highest BCUT2D eigenvalue weighted by Gasteiger charge is 2.20. The number of rotatable bonds is 9. The number of nitrogens with one attached hydrogen (secondary N) is 2.